The number of rotatable bonds is 7. The first-order valence-electron chi connectivity index (χ1n) is 7.45. The van der Waals surface area contributed by atoms with Gasteiger partial charge in [-0.3, -0.25) is 4.99 Å². The van der Waals surface area contributed by atoms with Crippen LogP contribution in [0, 0.1) is 0 Å². The Hall–Kier alpha value is -0.820. The summed E-state index contributed by atoms with van der Waals surface area (Å²) in [5.74, 6) is 0.855. The van der Waals surface area contributed by atoms with E-state index in [1.165, 1.54) is 5.56 Å². The zero-order valence-electron chi connectivity index (χ0n) is 13.6. The molecule has 1 rings (SSSR count). The van der Waals surface area contributed by atoms with Crippen LogP contribution in [0.5, 0.6) is 0 Å². The quantitative estimate of drug-likeness (QED) is 0.417. The molecule has 0 saturated carbocycles. The maximum Gasteiger partial charge on any atom is 0.191 e. The molecule has 1 aromatic carbocycles. The fourth-order valence-electron chi connectivity index (χ4n) is 2.10. The van der Waals surface area contributed by atoms with Crippen molar-refractivity contribution in [2.75, 3.05) is 33.2 Å². The van der Waals surface area contributed by atoms with E-state index in [9.17, 15) is 0 Å². The highest BCUT2D eigenvalue weighted by atomic mass is 127. The molecule has 0 aromatic heterocycles. The second-order valence-electron chi connectivity index (χ2n) is 4.80. The molecule has 120 valence electrons. The van der Waals surface area contributed by atoms with Gasteiger partial charge in [-0.1, -0.05) is 44.2 Å². The molecule has 0 spiro atoms. The SMILES string of the molecule is CCN(CC)CCNC(=NC)NC(C)c1ccccc1.I. The molecular formula is C16H29IN4. The molecule has 0 heterocycles. The van der Waals surface area contributed by atoms with Crippen molar-refractivity contribution < 1.29 is 0 Å². The fraction of sp³-hybridized carbons (Fsp3) is 0.562. The van der Waals surface area contributed by atoms with Gasteiger partial charge in [-0.05, 0) is 25.6 Å². The molecule has 5 heteroatoms. The van der Waals surface area contributed by atoms with E-state index in [4.69, 9.17) is 0 Å². The second-order valence-corrected chi connectivity index (χ2v) is 4.80. The van der Waals surface area contributed by atoms with Crippen molar-refractivity contribution in [3.8, 4) is 0 Å². The lowest BCUT2D eigenvalue weighted by molar-refractivity contribution is 0.308. The second kappa shape index (κ2) is 11.8. The average Bonchev–Trinajstić information content (AvgIpc) is 2.51. The molecule has 2 N–H and O–H groups in total. The molecule has 1 atom stereocenters. The smallest absolute Gasteiger partial charge is 0.191 e. The number of nitrogens with zero attached hydrogens (tertiary/aromatic N) is 2. The van der Waals surface area contributed by atoms with Gasteiger partial charge >= 0.3 is 0 Å². The molecule has 0 radical (unpaired) electrons. The Kier molecular flexibility index (Phi) is 11.3. The number of halogens is 1. The van der Waals surface area contributed by atoms with Crippen LogP contribution in [0.2, 0.25) is 0 Å². The van der Waals surface area contributed by atoms with Crippen LogP contribution in [0.4, 0.5) is 0 Å². The number of aliphatic imine (C=N–C) groups is 1. The summed E-state index contributed by atoms with van der Waals surface area (Å²) in [6.45, 7) is 10.6. The monoisotopic (exact) mass is 404 g/mol. The molecule has 0 saturated heterocycles. The van der Waals surface area contributed by atoms with E-state index in [-0.39, 0.29) is 30.0 Å². The lowest BCUT2D eigenvalue weighted by Gasteiger charge is -2.21. The lowest BCUT2D eigenvalue weighted by Crippen LogP contribution is -2.42. The van der Waals surface area contributed by atoms with Gasteiger partial charge in [0.05, 0.1) is 6.04 Å². The number of hydrogen-bond acceptors (Lipinski definition) is 2. The molecule has 0 aliphatic carbocycles. The Bertz CT molecular complexity index is 391. The van der Waals surface area contributed by atoms with Gasteiger partial charge in [0, 0.05) is 20.1 Å². The largest absolute Gasteiger partial charge is 0.355 e. The van der Waals surface area contributed by atoms with Crippen LogP contribution < -0.4 is 10.6 Å². The minimum Gasteiger partial charge on any atom is -0.355 e. The summed E-state index contributed by atoms with van der Waals surface area (Å²) in [6, 6.07) is 10.7. The van der Waals surface area contributed by atoms with Crippen LogP contribution in [0.1, 0.15) is 32.4 Å². The first-order chi connectivity index (χ1) is 9.71. The van der Waals surface area contributed by atoms with E-state index in [0.717, 1.165) is 32.1 Å². The normalized spacial score (nSPS) is 12.7. The topological polar surface area (TPSA) is 39.7 Å². The fourth-order valence-corrected chi connectivity index (χ4v) is 2.10. The summed E-state index contributed by atoms with van der Waals surface area (Å²) in [7, 11) is 1.81. The molecule has 21 heavy (non-hydrogen) atoms. The Morgan fingerprint density at radius 1 is 1.19 bits per heavy atom. The predicted molar refractivity (Wildman–Crippen MR) is 103 cm³/mol. The van der Waals surface area contributed by atoms with Gasteiger partial charge in [0.1, 0.15) is 0 Å². The summed E-state index contributed by atoms with van der Waals surface area (Å²) < 4.78 is 0. The van der Waals surface area contributed by atoms with E-state index in [1.807, 2.05) is 13.1 Å². The van der Waals surface area contributed by atoms with Gasteiger partial charge in [0.2, 0.25) is 0 Å². The van der Waals surface area contributed by atoms with Crippen molar-refractivity contribution in [1.82, 2.24) is 15.5 Å². The van der Waals surface area contributed by atoms with Gasteiger partial charge in [-0.2, -0.15) is 0 Å². The first kappa shape index (κ1) is 20.2. The molecule has 1 unspecified atom stereocenters. The van der Waals surface area contributed by atoms with Crippen LogP contribution in [0.15, 0.2) is 35.3 Å². The van der Waals surface area contributed by atoms with Crippen molar-refractivity contribution in [2.24, 2.45) is 4.99 Å². The maximum absolute atomic E-state index is 4.28. The number of likely N-dealkylation sites (N-methyl/N-ethyl adjacent to an activating group) is 1. The summed E-state index contributed by atoms with van der Waals surface area (Å²) >= 11 is 0. The van der Waals surface area contributed by atoms with Crippen molar-refractivity contribution in [2.45, 2.75) is 26.8 Å². The third kappa shape index (κ3) is 7.66. The van der Waals surface area contributed by atoms with Crippen molar-refractivity contribution in [1.29, 1.82) is 0 Å². The minimum atomic E-state index is 0. The van der Waals surface area contributed by atoms with Crippen LogP contribution in [0.3, 0.4) is 0 Å². The standard InChI is InChI=1S/C16H28N4.HI/c1-5-20(6-2)13-12-18-16(17-4)19-14(3)15-10-8-7-9-11-15;/h7-11,14H,5-6,12-13H2,1-4H3,(H2,17,18,19);1H. The van der Waals surface area contributed by atoms with Crippen LogP contribution in [0.25, 0.3) is 0 Å². The molecule has 0 aliphatic rings. The highest BCUT2D eigenvalue weighted by Crippen LogP contribution is 2.10. The Labute approximate surface area is 146 Å². The van der Waals surface area contributed by atoms with Crippen molar-refractivity contribution in [3.05, 3.63) is 35.9 Å². The number of hydrogen-bond donors (Lipinski definition) is 2. The van der Waals surface area contributed by atoms with E-state index < -0.39 is 0 Å². The molecule has 4 nitrogen and oxygen atoms in total. The van der Waals surface area contributed by atoms with Gasteiger partial charge in [-0.15, -0.1) is 24.0 Å². The number of nitrogens with one attached hydrogen (secondary N) is 2. The molecule has 0 fully saturated rings. The Morgan fingerprint density at radius 3 is 2.33 bits per heavy atom. The van der Waals surface area contributed by atoms with Crippen molar-refractivity contribution in [3.63, 3.8) is 0 Å². The molecular weight excluding hydrogens is 375 g/mol. The average molecular weight is 404 g/mol. The van der Waals surface area contributed by atoms with Gasteiger partial charge in [0.15, 0.2) is 5.96 Å². The predicted octanol–water partition coefficient (Wildman–Crippen LogP) is 2.87. The summed E-state index contributed by atoms with van der Waals surface area (Å²) in [6.07, 6.45) is 0. The lowest BCUT2D eigenvalue weighted by atomic mass is 10.1. The maximum atomic E-state index is 4.28. The molecule has 0 aliphatic heterocycles. The van der Waals surface area contributed by atoms with E-state index in [0.29, 0.717) is 0 Å². The third-order valence-corrected chi connectivity index (χ3v) is 3.49. The third-order valence-electron chi connectivity index (χ3n) is 3.49. The van der Waals surface area contributed by atoms with Crippen LogP contribution in [-0.2, 0) is 0 Å². The summed E-state index contributed by atoms with van der Waals surface area (Å²) in [5, 5.41) is 6.78. The highest BCUT2D eigenvalue weighted by Gasteiger charge is 2.07. The summed E-state index contributed by atoms with van der Waals surface area (Å²) in [5.41, 5.74) is 1.26. The van der Waals surface area contributed by atoms with E-state index >= 15 is 0 Å². The van der Waals surface area contributed by atoms with E-state index in [2.05, 4.69) is 65.6 Å². The van der Waals surface area contributed by atoms with Gasteiger partial charge in [0.25, 0.3) is 0 Å². The highest BCUT2D eigenvalue weighted by molar-refractivity contribution is 14.0. The van der Waals surface area contributed by atoms with Crippen LogP contribution in [-0.4, -0.2) is 44.1 Å². The Morgan fingerprint density at radius 2 is 1.81 bits per heavy atom. The van der Waals surface area contributed by atoms with Gasteiger partial charge < -0.3 is 15.5 Å². The molecule has 0 bridgehead atoms. The first-order valence-corrected chi connectivity index (χ1v) is 7.45. The Balaban J connectivity index is 0.00000400. The zero-order valence-corrected chi connectivity index (χ0v) is 15.9. The van der Waals surface area contributed by atoms with Crippen LogP contribution >= 0.6 is 24.0 Å². The molecule has 1 aromatic rings. The number of guanidine groups is 1. The number of benzene rings is 1. The zero-order chi connectivity index (χ0) is 14.8. The van der Waals surface area contributed by atoms with Gasteiger partial charge in [-0.25, -0.2) is 0 Å². The molecule has 0 amide bonds. The summed E-state index contributed by atoms with van der Waals surface area (Å²) in [4.78, 5) is 6.67. The van der Waals surface area contributed by atoms with Crippen molar-refractivity contribution >= 4 is 29.9 Å². The minimum absolute atomic E-state index is 0. The van der Waals surface area contributed by atoms with E-state index in [1.54, 1.807) is 0 Å².